The lowest BCUT2D eigenvalue weighted by Crippen LogP contribution is -2.02. The number of unbranched alkanes of at least 4 members (excludes halogenated alkanes) is 1. The molecule has 0 N–H and O–H groups in total. The van der Waals surface area contributed by atoms with E-state index >= 15 is 0 Å². The van der Waals surface area contributed by atoms with E-state index in [1.807, 2.05) is 24.3 Å². The number of carbonyl (C=O) groups excluding carboxylic acids is 1. The third kappa shape index (κ3) is 2.69. The van der Waals surface area contributed by atoms with Gasteiger partial charge < -0.3 is 0 Å². The molecule has 0 atom stereocenters. The highest BCUT2D eigenvalue weighted by molar-refractivity contribution is 5.97. The molecule has 0 amide bonds. The van der Waals surface area contributed by atoms with Crippen LogP contribution in [0.1, 0.15) is 49.0 Å². The quantitative estimate of drug-likeness (QED) is 0.648. The Balaban J connectivity index is 2.78. The Hall–Kier alpha value is -1.11. The lowest BCUT2D eigenvalue weighted by molar-refractivity contribution is 0.0979. The first-order valence-corrected chi connectivity index (χ1v) is 5.40. The highest BCUT2D eigenvalue weighted by Gasteiger charge is 2.08. The molecule has 0 saturated carbocycles. The van der Waals surface area contributed by atoms with Gasteiger partial charge in [-0.3, -0.25) is 4.79 Å². The maximum Gasteiger partial charge on any atom is 0.163 e. The highest BCUT2D eigenvalue weighted by atomic mass is 16.1. The van der Waals surface area contributed by atoms with Gasteiger partial charge in [0, 0.05) is 12.0 Å². The van der Waals surface area contributed by atoms with E-state index in [9.17, 15) is 4.79 Å². The summed E-state index contributed by atoms with van der Waals surface area (Å²) in [4.78, 5) is 11.8. The van der Waals surface area contributed by atoms with Gasteiger partial charge in [0.05, 0.1) is 0 Å². The third-order valence-electron chi connectivity index (χ3n) is 2.46. The molecule has 0 aromatic heterocycles. The molecule has 1 heteroatoms. The molecule has 0 bridgehead atoms. The molecule has 0 aliphatic rings. The number of carbonyl (C=O) groups is 1. The number of ketones is 1. The van der Waals surface area contributed by atoms with Gasteiger partial charge in [-0.15, -0.1) is 0 Å². The monoisotopic (exact) mass is 190 g/mol. The fourth-order valence-electron chi connectivity index (χ4n) is 1.57. The van der Waals surface area contributed by atoms with E-state index in [2.05, 4.69) is 13.8 Å². The fraction of sp³-hybridized carbons (Fsp3) is 0.462. The number of Topliss-reactive ketones (excluding diaryl/α,β-unsaturated/α-hetero) is 1. The van der Waals surface area contributed by atoms with Gasteiger partial charge in [0.1, 0.15) is 0 Å². The first-order chi connectivity index (χ1) is 6.79. The van der Waals surface area contributed by atoms with Crippen molar-refractivity contribution in [2.45, 2.75) is 39.5 Å². The van der Waals surface area contributed by atoms with Crippen molar-refractivity contribution in [3.63, 3.8) is 0 Å². The smallest absolute Gasteiger partial charge is 0.163 e. The Morgan fingerprint density at radius 1 is 1.21 bits per heavy atom. The second-order valence-electron chi connectivity index (χ2n) is 3.54. The van der Waals surface area contributed by atoms with Crippen LogP contribution in [0.4, 0.5) is 0 Å². The van der Waals surface area contributed by atoms with E-state index in [1.54, 1.807) is 0 Å². The van der Waals surface area contributed by atoms with E-state index in [4.69, 9.17) is 0 Å². The molecule has 0 radical (unpaired) electrons. The molecule has 0 aliphatic carbocycles. The van der Waals surface area contributed by atoms with Crippen molar-refractivity contribution in [1.29, 1.82) is 0 Å². The Labute approximate surface area is 86.1 Å². The predicted molar refractivity (Wildman–Crippen MR) is 59.7 cm³/mol. The summed E-state index contributed by atoms with van der Waals surface area (Å²) in [7, 11) is 0. The van der Waals surface area contributed by atoms with Crippen molar-refractivity contribution in [2.75, 3.05) is 0 Å². The second kappa shape index (κ2) is 5.58. The minimum Gasteiger partial charge on any atom is -0.294 e. The van der Waals surface area contributed by atoms with Crippen LogP contribution < -0.4 is 0 Å². The van der Waals surface area contributed by atoms with E-state index in [0.29, 0.717) is 12.2 Å². The van der Waals surface area contributed by atoms with Crippen LogP contribution in [0.25, 0.3) is 0 Å². The van der Waals surface area contributed by atoms with Gasteiger partial charge >= 0.3 is 0 Å². The van der Waals surface area contributed by atoms with Crippen LogP contribution in [0.5, 0.6) is 0 Å². The molecule has 0 spiro atoms. The van der Waals surface area contributed by atoms with Gasteiger partial charge in [-0.25, -0.2) is 0 Å². The molecule has 0 unspecified atom stereocenters. The van der Waals surface area contributed by atoms with Gasteiger partial charge in [0.25, 0.3) is 0 Å². The number of benzene rings is 1. The summed E-state index contributed by atoms with van der Waals surface area (Å²) in [6.07, 6.45) is 3.71. The number of hydrogen-bond acceptors (Lipinski definition) is 1. The van der Waals surface area contributed by atoms with Crippen LogP contribution in [0.3, 0.4) is 0 Å². The SMILES string of the molecule is CCCCC(=O)c1ccccc1CC. The standard InChI is InChI=1S/C13H18O/c1-3-5-10-13(14)12-9-7-6-8-11(12)4-2/h6-9H,3-5,10H2,1-2H3. The van der Waals surface area contributed by atoms with Crippen molar-refractivity contribution < 1.29 is 4.79 Å². The van der Waals surface area contributed by atoms with Gasteiger partial charge in [-0.1, -0.05) is 44.5 Å². The maximum atomic E-state index is 11.8. The fourth-order valence-corrected chi connectivity index (χ4v) is 1.57. The molecule has 1 aromatic carbocycles. The molecule has 1 nitrogen and oxygen atoms in total. The summed E-state index contributed by atoms with van der Waals surface area (Å²) >= 11 is 0. The van der Waals surface area contributed by atoms with Crippen LogP contribution in [-0.2, 0) is 6.42 Å². The summed E-state index contributed by atoms with van der Waals surface area (Å²) in [5.74, 6) is 0.296. The largest absolute Gasteiger partial charge is 0.294 e. The lowest BCUT2D eigenvalue weighted by Gasteiger charge is -2.05. The minimum atomic E-state index is 0.296. The minimum absolute atomic E-state index is 0.296. The zero-order chi connectivity index (χ0) is 10.4. The summed E-state index contributed by atoms with van der Waals surface area (Å²) in [6, 6.07) is 7.92. The third-order valence-corrected chi connectivity index (χ3v) is 2.46. The normalized spacial score (nSPS) is 10.1. The van der Waals surface area contributed by atoms with Crippen molar-refractivity contribution in [3.8, 4) is 0 Å². The van der Waals surface area contributed by atoms with Crippen LogP contribution in [0.15, 0.2) is 24.3 Å². The Morgan fingerprint density at radius 3 is 2.57 bits per heavy atom. The molecular weight excluding hydrogens is 172 g/mol. The molecule has 0 saturated heterocycles. The average Bonchev–Trinajstić information content (AvgIpc) is 2.25. The number of rotatable bonds is 5. The van der Waals surface area contributed by atoms with Gasteiger partial charge in [-0.2, -0.15) is 0 Å². The van der Waals surface area contributed by atoms with Gasteiger partial charge in [0.2, 0.25) is 0 Å². The second-order valence-corrected chi connectivity index (χ2v) is 3.54. The van der Waals surface area contributed by atoms with E-state index in [1.165, 1.54) is 5.56 Å². The molecule has 76 valence electrons. The molecule has 1 aromatic rings. The van der Waals surface area contributed by atoms with E-state index in [-0.39, 0.29) is 0 Å². The summed E-state index contributed by atoms with van der Waals surface area (Å²) in [6.45, 7) is 4.20. The van der Waals surface area contributed by atoms with Gasteiger partial charge in [0.15, 0.2) is 5.78 Å². The predicted octanol–water partition coefficient (Wildman–Crippen LogP) is 3.62. The van der Waals surface area contributed by atoms with Crippen LogP contribution in [-0.4, -0.2) is 5.78 Å². The molecule has 1 rings (SSSR count). The Bertz CT molecular complexity index is 302. The van der Waals surface area contributed by atoms with Crippen molar-refractivity contribution >= 4 is 5.78 Å². The van der Waals surface area contributed by atoms with E-state index < -0.39 is 0 Å². The topological polar surface area (TPSA) is 17.1 Å². The first kappa shape index (κ1) is 11.0. The molecule has 0 fully saturated rings. The van der Waals surface area contributed by atoms with Crippen molar-refractivity contribution in [3.05, 3.63) is 35.4 Å². The number of hydrogen-bond donors (Lipinski definition) is 0. The van der Waals surface area contributed by atoms with Crippen LogP contribution >= 0.6 is 0 Å². The van der Waals surface area contributed by atoms with Crippen molar-refractivity contribution in [1.82, 2.24) is 0 Å². The molecule has 0 heterocycles. The average molecular weight is 190 g/mol. The maximum absolute atomic E-state index is 11.8. The zero-order valence-electron chi connectivity index (χ0n) is 9.05. The van der Waals surface area contributed by atoms with E-state index in [0.717, 1.165) is 24.8 Å². The Morgan fingerprint density at radius 2 is 1.93 bits per heavy atom. The molecule has 14 heavy (non-hydrogen) atoms. The van der Waals surface area contributed by atoms with Gasteiger partial charge in [-0.05, 0) is 18.4 Å². The lowest BCUT2D eigenvalue weighted by atomic mass is 9.99. The van der Waals surface area contributed by atoms with Crippen LogP contribution in [0, 0.1) is 0 Å². The highest BCUT2D eigenvalue weighted by Crippen LogP contribution is 2.13. The molecule has 0 aliphatic heterocycles. The number of aryl methyl sites for hydroxylation is 1. The Kier molecular flexibility index (Phi) is 4.37. The van der Waals surface area contributed by atoms with Crippen LogP contribution in [0.2, 0.25) is 0 Å². The zero-order valence-corrected chi connectivity index (χ0v) is 9.05. The molecular formula is C13H18O. The first-order valence-electron chi connectivity index (χ1n) is 5.40. The summed E-state index contributed by atoms with van der Waals surface area (Å²) < 4.78 is 0. The summed E-state index contributed by atoms with van der Waals surface area (Å²) in [5, 5.41) is 0. The summed E-state index contributed by atoms with van der Waals surface area (Å²) in [5.41, 5.74) is 2.09. The van der Waals surface area contributed by atoms with Crippen molar-refractivity contribution in [2.24, 2.45) is 0 Å².